The van der Waals surface area contributed by atoms with Crippen LogP contribution in [0.3, 0.4) is 0 Å². The molecule has 94 valence electrons. The Morgan fingerprint density at radius 1 is 1.22 bits per heavy atom. The second-order valence-corrected chi connectivity index (χ2v) is 3.67. The van der Waals surface area contributed by atoms with Crippen molar-refractivity contribution in [1.29, 1.82) is 0 Å². The SMILES string of the molecule is CCc1c(NC)ncnc1Oc1ccc(F)cc1. The van der Waals surface area contributed by atoms with Gasteiger partial charge in [-0.05, 0) is 30.7 Å². The second-order valence-electron chi connectivity index (χ2n) is 3.67. The third-order valence-corrected chi connectivity index (χ3v) is 2.52. The number of ether oxygens (including phenoxy) is 1. The molecular formula is C13H14FN3O. The van der Waals surface area contributed by atoms with E-state index in [0.29, 0.717) is 11.6 Å². The number of benzene rings is 1. The Kier molecular flexibility index (Phi) is 3.72. The third-order valence-electron chi connectivity index (χ3n) is 2.52. The summed E-state index contributed by atoms with van der Waals surface area (Å²) >= 11 is 0. The topological polar surface area (TPSA) is 47.0 Å². The number of anilines is 1. The van der Waals surface area contributed by atoms with E-state index in [1.165, 1.54) is 18.5 Å². The standard InChI is InChI=1S/C13H14FN3O/c1-3-11-12(15-2)16-8-17-13(11)18-10-6-4-9(14)5-7-10/h4-8H,3H2,1-2H3,(H,15,16,17). The fourth-order valence-corrected chi connectivity index (χ4v) is 1.63. The van der Waals surface area contributed by atoms with Crippen molar-refractivity contribution >= 4 is 5.82 Å². The summed E-state index contributed by atoms with van der Waals surface area (Å²) in [6, 6.07) is 5.83. The van der Waals surface area contributed by atoms with Crippen molar-refractivity contribution in [3.63, 3.8) is 0 Å². The van der Waals surface area contributed by atoms with Gasteiger partial charge in [0.2, 0.25) is 5.88 Å². The van der Waals surface area contributed by atoms with Gasteiger partial charge in [0.1, 0.15) is 23.7 Å². The van der Waals surface area contributed by atoms with Gasteiger partial charge in [-0.15, -0.1) is 0 Å². The minimum atomic E-state index is -0.295. The Bertz CT molecular complexity index is 528. The van der Waals surface area contributed by atoms with Crippen LogP contribution in [0.4, 0.5) is 10.2 Å². The molecule has 0 saturated carbocycles. The van der Waals surface area contributed by atoms with Crippen molar-refractivity contribution in [2.24, 2.45) is 0 Å². The summed E-state index contributed by atoms with van der Waals surface area (Å²) in [5, 5.41) is 2.99. The predicted molar refractivity (Wildman–Crippen MR) is 67.4 cm³/mol. The van der Waals surface area contributed by atoms with E-state index < -0.39 is 0 Å². The van der Waals surface area contributed by atoms with Gasteiger partial charge in [-0.3, -0.25) is 0 Å². The lowest BCUT2D eigenvalue weighted by atomic mass is 10.2. The van der Waals surface area contributed by atoms with Gasteiger partial charge in [-0.25, -0.2) is 14.4 Å². The molecule has 5 heteroatoms. The fourth-order valence-electron chi connectivity index (χ4n) is 1.63. The van der Waals surface area contributed by atoms with Crippen LogP contribution in [0.5, 0.6) is 11.6 Å². The molecule has 18 heavy (non-hydrogen) atoms. The van der Waals surface area contributed by atoms with Crippen LogP contribution in [0.1, 0.15) is 12.5 Å². The van der Waals surface area contributed by atoms with Crippen molar-refractivity contribution in [3.8, 4) is 11.6 Å². The maximum Gasteiger partial charge on any atom is 0.227 e. The first-order valence-corrected chi connectivity index (χ1v) is 5.69. The van der Waals surface area contributed by atoms with Crippen molar-refractivity contribution in [1.82, 2.24) is 9.97 Å². The van der Waals surface area contributed by atoms with Gasteiger partial charge < -0.3 is 10.1 Å². The molecule has 0 bridgehead atoms. The number of hydrogen-bond donors (Lipinski definition) is 1. The van der Waals surface area contributed by atoms with Gasteiger partial charge in [-0.2, -0.15) is 0 Å². The zero-order chi connectivity index (χ0) is 13.0. The molecule has 0 saturated heterocycles. The Balaban J connectivity index is 2.31. The molecule has 4 nitrogen and oxygen atoms in total. The van der Waals surface area contributed by atoms with E-state index in [1.54, 1.807) is 19.2 Å². The molecule has 0 atom stereocenters. The molecule has 0 amide bonds. The lowest BCUT2D eigenvalue weighted by Crippen LogP contribution is -2.02. The number of hydrogen-bond acceptors (Lipinski definition) is 4. The van der Waals surface area contributed by atoms with E-state index in [4.69, 9.17) is 4.74 Å². The summed E-state index contributed by atoms with van der Waals surface area (Å²) < 4.78 is 18.4. The number of rotatable bonds is 4. The van der Waals surface area contributed by atoms with Crippen LogP contribution in [0.25, 0.3) is 0 Å². The highest BCUT2D eigenvalue weighted by atomic mass is 19.1. The van der Waals surface area contributed by atoms with Gasteiger partial charge in [-0.1, -0.05) is 6.92 Å². The smallest absolute Gasteiger partial charge is 0.227 e. The second kappa shape index (κ2) is 5.44. The normalized spacial score (nSPS) is 10.2. The Labute approximate surface area is 105 Å². The van der Waals surface area contributed by atoms with E-state index in [0.717, 1.165) is 17.8 Å². The zero-order valence-electron chi connectivity index (χ0n) is 10.3. The van der Waals surface area contributed by atoms with Crippen LogP contribution in [-0.4, -0.2) is 17.0 Å². The van der Waals surface area contributed by atoms with Crippen molar-refractivity contribution in [2.45, 2.75) is 13.3 Å². The quantitative estimate of drug-likeness (QED) is 0.902. The molecule has 1 aromatic carbocycles. The first-order chi connectivity index (χ1) is 8.74. The molecule has 1 N–H and O–H groups in total. The van der Waals surface area contributed by atoms with E-state index >= 15 is 0 Å². The van der Waals surface area contributed by atoms with Crippen molar-refractivity contribution in [2.75, 3.05) is 12.4 Å². The average molecular weight is 247 g/mol. The van der Waals surface area contributed by atoms with Crippen LogP contribution >= 0.6 is 0 Å². The molecule has 0 aliphatic carbocycles. The Morgan fingerprint density at radius 3 is 2.56 bits per heavy atom. The molecule has 0 fully saturated rings. The maximum atomic E-state index is 12.8. The lowest BCUT2D eigenvalue weighted by molar-refractivity contribution is 0.454. The number of aromatic nitrogens is 2. The highest BCUT2D eigenvalue weighted by molar-refractivity contribution is 5.49. The molecule has 0 aliphatic rings. The molecule has 2 aromatic rings. The minimum absolute atomic E-state index is 0.295. The summed E-state index contributed by atoms with van der Waals surface area (Å²) in [7, 11) is 1.79. The van der Waals surface area contributed by atoms with Crippen LogP contribution in [0.15, 0.2) is 30.6 Å². The van der Waals surface area contributed by atoms with Crippen LogP contribution in [0, 0.1) is 5.82 Å². The lowest BCUT2D eigenvalue weighted by Gasteiger charge is -2.11. The van der Waals surface area contributed by atoms with E-state index in [2.05, 4.69) is 15.3 Å². The summed E-state index contributed by atoms with van der Waals surface area (Å²) in [5.41, 5.74) is 0.893. The molecule has 2 rings (SSSR count). The Hall–Kier alpha value is -2.17. The van der Waals surface area contributed by atoms with Gasteiger partial charge in [0.05, 0.1) is 5.56 Å². The van der Waals surface area contributed by atoms with Crippen molar-refractivity contribution in [3.05, 3.63) is 42.0 Å². The van der Waals surface area contributed by atoms with Crippen LogP contribution in [-0.2, 0) is 6.42 Å². The fraction of sp³-hybridized carbons (Fsp3) is 0.231. The minimum Gasteiger partial charge on any atom is -0.439 e. The highest BCUT2D eigenvalue weighted by Crippen LogP contribution is 2.27. The first kappa shape index (κ1) is 12.3. The van der Waals surface area contributed by atoms with Gasteiger partial charge in [0.15, 0.2) is 0 Å². The number of halogens is 1. The monoisotopic (exact) mass is 247 g/mol. The largest absolute Gasteiger partial charge is 0.439 e. The Morgan fingerprint density at radius 2 is 1.94 bits per heavy atom. The molecule has 1 heterocycles. The van der Waals surface area contributed by atoms with Crippen LogP contribution in [0.2, 0.25) is 0 Å². The van der Waals surface area contributed by atoms with E-state index in [-0.39, 0.29) is 5.82 Å². The molecule has 0 spiro atoms. The van der Waals surface area contributed by atoms with Gasteiger partial charge in [0, 0.05) is 7.05 Å². The average Bonchev–Trinajstić information content (AvgIpc) is 2.41. The van der Waals surface area contributed by atoms with Gasteiger partial charge in [0.25, 0.3) is 0 Å². The first-order valence-electron chi connectivity index (χ1n) is 5.69. The van der Waals surface area contributed by atoms with Crippen molar-refractivity contribution < 1.29 is 9.13 Å². The highest BCUT2D eigenvalue weighted by Gasteiger charge is 2.10. The third kappa shape index (κ3) is 2.56. The zero-order valence-corrected chi connectivity index (χ0v) is 10.3. The molecule has 1 aromatic heterocycles. The predicted octanol–water partition coefficient (Wildman–Crippen LogP) is 3.01. The summed E-state index contributed by atoms with van der Waals surface area (Å²) in [6.45, 7) is 2.00. The van der Waals surface area contributed by atoms with E-state index in [9.17, 15) is 4.39 Å². The number of nitrogens with one attached hydrogen (secondary N) is 1. The molecule has 0 aliphatic heterocycles. The van der Waals surface area contributed by atoms with Crippen LogP contribution < -0.4 is 10.1 Å². The summed E-state index contributed by atoms with van der Waals surface area (Å²) in [6.07, 6.45) is 2.18. The maximum absolute atomic E-state index is 12.8. The summed E-state index contributed by atoms with van der Waals surface area (Å²) in [5.74, 6) is 1.48. The molecule has 0 radical (unpaired) electrons. The molecular weight excluding hydrogens is 233 g/mol. The van der Waals surface area contributed by atoms with Gasteiger partial charge >= 0.3 is 0 Å². The number of nitrogens with zero attached hydrogens (tertiary/aromatic N) is 2. The van der Waals surface area contributed by atoms with E-state index in [1.807, 2.05) is 6.92 Å². The summed E-state index contributed by atoms with van der Waals surface area (Å²) in [4.78, 5) is 8.23. The molecule has 0 unspecified atom stereocenters.